The van der Waals surface area contributed by atoms with E-state index in [0.29, 0.717) is 13.2 Å². The first-order valence-corrected chi connectivity index (χ1v) is 8.42. The topological polar surface area (TPSA) is 47.6 Å². The fourth-order valence-electron chi connectivity index (χ4n) is 2.90. The Balaban J connectivity index is 1.73. The minimum absolute atomic E-state index is 0.00254. The Hall–Kier alpha value is -2.33. The third kappa shape index (κ3) is 3.60. The Kier molecular flexibility index (Phi) is 5.16. The van der Waals surface area contributed by atoms with E-state index >= 15 is 0 Å². The monoisotopic (exact) mass is 325 g/mol. The van der Waals surface area contributed by atoms with Crippen LogP contribution < -0.4 is 10.1 Å². The van der Waals surface area contributed by atoms with E-state index in [-0.39, 0.29) is 17.9 Å². The molecule has 0 atom stereocenters. The van der Waals surface area contributed by atoms with Crippen LogP contribution in [0.5, 0.6) is 11.5 Å². The maximum absolute atomic E-state index is 12.8. The fourth-order valence-corrected chi connectivity index (χ4v) is 2.90. The molecule has 1 aliphatic heterocycles. The first kappa shape index (κ1) is 16.5. The number of rotatable bonds is 6. The molecule has 4 heteroatoms. The van der Waals surface area contributed by atoms with E-state index < -0.39 is 0 Å². The lowest BCUT2D eigenvalue weighted by atomic mass is 9.87. The maximum Gasteiger partial charge on any atom is 0.232 e. The van der Waals surface area contributed by atoms with Gasteiger partial charge >= 0.3 is 0 Å². The molecule has 2 aromatic carbocycles. The molecular weight excluding hydrogens is 302 g/mol. The van der Waals surface area contributed by atoms with Crippen LogP contribution in [0.1, 0.15) is 37.3 Å². The second-order valence-corrected chi connectivity index (χ2v) is 6.17. The number of nitrogens with one attached hydrogen (secondary N) is 1. The summed E-state index contributed by atoms with van der Waals surface area (Å²) in [5, 5.41) is 3.03. The molecule has 126 valence electrons. The minimum atomic E-state index is -0.336. The predicted molar refractivity (Wildman–Crippen MR) is 93.5 cm³/mol. The van der Waals surface area contributed by atoms with Crippen molar-refractivity contribution in [2.24, 2.45) is 0 Å². The van der Waals surface area contributed by atoms with Gasteiger partial charge in [-0.3, -0.25) is 4.79 Å². The molecule has 0 bridgehead atoms. The van der Waals surface area contributed by atoms with Gasteiger partial charge in [0.2, 0.25) is 5.91 Å². The van der Waals surface area contributed by atoms with Gasteiger partial charge in [0.25, 0.3) is 0 Å². The van der Waals surface area contributed by atoms with Crippen molar-refractivity contribution in [2.75, 3.05) is 13.2 Å². The third-order valence-corrected chi connectivity index (χ3v) is 4.01. The molecule has 1 heterocycles. The number of ether oxygens (including phenoxy) is 2. The molecule has 0 aromatic heterocycles. The van der Waals surface area contributed by atoms with Crippen molar-refractivity contribution >= 4 is 5.91 Å². The smallest absolute Gasteiger partial charge is 0.232 e. The summed E-state index contributed by atoms with van der Waals surface area (Å²) < 4.78 is 11.4. The van der Waals surface area contributed by atoms with Gasteiger partial charge in [0.1, 0.15) is 11.5 Å². The summed E-state index contributed by atoms with van der Waals surface area (Å²) in [6, 6.07) is 15.4. The Morgan fingerprint density at radius 2 is 1.67 bits per heavy atom. The van der Waals surface area contributed by atoms with Crippen molar-refractivity contribution in [3.8, 4) is 11.5 Å². The highest BCUT2D eigenvalue weighted by Gasteiger charge is 2.31. The van der Waals surface area contributed by atoms with E-state index in [1.165, 1.54) is 0 Å². The lowest BCUT2D eigenvalue weighted by Gasteiger charge is -2.27. The van der Waals surface area contributed by atoms with Crippen molar-refractivity contribution in [3.05, 3.63) is 59.7 Å². The normalized spacial score (nSPS) is 13.1. The lowest BCUT2D eigenvalue weighted by molar-refractivity contribution is -0.121. The summed E-state index contributed by atoms with van der Waals surface area (Å²) in [5.74, 6) is 1.17. The number of amides is 1. The largest absolute Gasteiger partial charge is 0.457 e. The molecule has 0 fully saturated rings. The van der Waals surface area contributed by atoms with E-state index in [2.05, 4.69) is 5.32 Å². The van der Waals surface area contributed by atoms with Crippen LogP contribution in [-0.4, -0.2) is 25.2 Å². The Morgan fingerprint density at radius 3 is 2.25 bits per heavy atom. The van der Waals surface area contributed by atoms with Crippen LogP contribution in [0, 0.1) is 0 Å². The second-order valence-electron chi connectivity index (χ2n) is 6.17. The second kappa shape index (κ2) is 7.49. The molecule has 0 radical (unpaired) electrons. The van der Waals surface area contributed by atoms with Gasteiger partial charge in [0.15, 0.2) is 0 Å². The van der Waals surface area contributed by atoms with Gasteiger partial charge in [0.05, 0.1) is 12.0 Å². The van der Waals surface area contributed by atoms with Gasteiger partial charge in [-0.1, -0.05) is 36.4 Å². The van der Waals surface area contributed by atoms with E-state index in [0.717, 1.165) is 29.0 Å². The number of hydrogen-bond acceptors (Lipinski definition) is 3. The number of benzene rings is 2. The third-order valence-electron chi connectivity index (χ3n) is 4.01. The maximum atomic E-state index is 12.8. The Labute approximate surface area is 142 Å². The van der Waals surface area contributed by atoms with Crippen LogP contribution in [0.25, 0.3) is 0 Å². The van der Waals surface area contributed by atoms with Gasteiger partial charge in [-0.25, -0.2) is 0 Å². The van der Waals surface area contributed by atoms with E-state index in [9.17, 15) is 4.79 Å². The van der Waals surface area contributed by atoms with Crippen molar-refractivity contribution in [2.45, 2.75) is 32.3 Å². The minimum Gasteiger partial charge on any atom is -0.457 e. The van der Waals surface area contributed by atoms with E-state index in [1.54, 1.807) is 0 Å². The van der Waals surface area contributed by atoms with Crippen LogP contribution in [0.2, 0.25) is 0 Å². The van der Waals surface area contributed by atoms with Crippen molar-refractivity contribution in [1.82, 2.24) is 5.32 Å². The van der Waals surface area contributed by atoms with Crippen LogP contribution in [-0.2, 0) is 9.53 Å². The highest BCUT2D eigenvalue weighted by Crippen LogP contribution is 2.43. The molecule has 24 heavy (non-hydrogen) atoms. The molecule has 0 saturated heterocycles. The van der Waals surface area contributed by atoms with Gasteiger partial charge in [-0.05, 0) is 32.4 Å². The first-order valence-electron chi connectivity index (χ1n) is 8.42. The number of carbonyl (C=O) groups is 1. The summed E-state index contributed by atoms with van der Waals surface area (Å²) in [4.78, 5) is 12.8. The zero-order valence-corrected chi connectivity index (χ0v) is 14.1. The molecule has 0 saturated carbocycles. The van der Waals surface area contributed by atoms with Gasteiger partial charge in [-0.2, -0.15) is 0 Å². The Bertz CT molecular complexity index is 666. The quantitative estimate of drug-likeness (QED) is 0.821. The van der Waals surface area contributed by atoms with Crippen molar-refractivity contribution in [1.29, 1.82) is 0 Å². The molecule has 4 nitrogen and oxygen atoms in total. The molecule has 1 N–H and O–H groups in total. The number of carbonyl (C=O) groups excluding carboxylic acids is 1. The van der Waals surface area contributed by atoms with Crippen molar-refractivity contribution in [3.63, 3.8) is 0 Å². The predicted octanol–water partition coefficient (Wildman–Crippen LogP) is 3.86. The summed E-state index contributed by atoms with van der Waals surface area (Å²) in [7, 11) is 0. The van der Waals surface area contributed by atoms with Crippen LogP contribution in [0.3, 0.4) is 0 Å². The fraction of sp³-hybridized carbons (Fsp3) is 0.350. The van der Waals surface area contributed by atoms with E-state index in [1.807, 2.05) is 62.4 Å². The summed E-state index contributed by atoms with van der Waals surface area (Å²) in [6.07, 6.45) is 1.02. The molecule has 0 spiro atoms. The van der Waals surface area contributed by atoms with E-state index in [4.69, 9.17) is 9.47 Å². The molecule has 1 aliphatic rings. The SMILES string of the molecule is CC(C)OCCCNC(=O)C1c2ccccc2Oc2ccccc21. The molecular formula is C20H23NO3. The summed E-state index contributed by atoms with van der Waals surface area (Å²) in [6.45, 7) is 5.27. The number of fused-ring (bicyclic) bond motifs is 2. The zero-order chi connectivity index (χ0) is 16.9. The average Bonchev–Trinajstić information content (AvgIpc) is 2.58. The highest BCUT2D eigenvalue weighted by molar-refractivity contribution is 5.89. The summed E-state index contributed by atoms with van der Waals surface area (Å²) >= 11 is 0. The first-order chi connectivity index (χ1) is 11.7. The highest BCUT2D eigenvalue weighted by atomic mass is 16.5. The lowest BCUT2D eigenvalue weighted by Crippen LogP contribution is -2.32. The standard InChI is InChI=1S/C20H23NO3/c1-14(2)23-13-7-12-21-20(22)19-15-8-3-5-10-17(15)24-18-11-6-4-9-16(18)19/h3-6,8-11,14,19H,7,12-13H2,1-2H3,(H,21,22). The van der Waals surface area contributed by atoms with Crippen LogP contribution in [0.4, 0.5) is 0 Å². The number of hydrogen-bond donors (Lipinski definition) is 1. The molecule has 1 amide bonds. The number of para-hydroxylation sites is 2. The van der Waals surface area contributed by atoms with Crippen molar-refractivity contribution < 1.29 is 14.3 Å². The molecule has 3 rings (SSSR count). The van der Waals surface area contributed by atoms with Gasteiger partial charge < -0.3 is 14.8 Å². The van der Waals surface area contributed by atoms with Gasteiger partial charge in [-0.15, -0.1) is 0 Å². The Morgan fingerprint density at radius 1 is 1.08 bits per heavy atom. The molecule has 0 aliphatic carbocycles. The zero-order valence-electron chi connectivity index (χ0n) is 14.1. The van der Waals surface area contributed by atoms with Crippen LogP contribution in [0.15, 0.2) is 48.5 Å². The summed E-state index contributed by atoms with van der Waals surface area (Å²) in [5.41, 5.74) is 1.82. The average molecular weight is 325 g/mol. The molecule has 0 unspecified atom stereocenters. The molecule has 2 aromatic rings. The van der Waals surface area contributed by atoms with Gasteiger partial charge in [0, 0.05) is 24.3 Å². The van der Waals surface area contributed by atoms with Crippen LogP contribution >= 0.6 is 0 Å².